The molecule has 10 nitrogen and oxygen atoms in total. The number of hydrogen-bond acceptors (Lipinski definition) is 8. The number of carbonyl (C=O) groups is 2. The molecule has 3 unspecified atom stereocenters. The number of ether oxygens (including phenoxy) is 2. The number of unbranched alkanes of at least 4 members (excludes halogenated alkanes) is 24. The lowest BCUT2D eigenvalue weighted by Crippen LogP contribution is -2.34. The number of allylic oxidation sites excluding steroid dienone is 6. The predicted molar refractivity (Wildman–Crippen MR) is 235 cm³/mol. The van der Waals surface area contributed by atoms with Crippen LogP contribution in [0.4, 0.5) is 0 Å². The van der Waals surface area contributed by atoms with Gasteiger partial charge < -0.3 is 25.2 Å². The highest BCUT2D eigenvalue weighted by Gasteiger charge is 2.27. The van der Waals surface area contributed by atoms with Crippen LogP contribution < -0.4 is 5.73 Å². The van der Waals surface area contributed by atoms with Crippen molar-refractivity contribution in [1.29, 1.82) is 0 Å². The van der Waals surface area contributed by atoms with Gasteiger partial charge in [0.2, 0.25) is 0 Å². The Hall–Kier alpha value is -1.81. The molecule has 334 valence electrons. The van der Waals surface area contributed by atoms with Crippen LogP contribution in [0, 0.1) is 0 Å². The number of carbonyl (C=O) groups excluding carboxylic acids is 1. The van der Waals surface area contributed by atoms with Gasteiger partial charge in [-0.1, -0.05) is 192 Å². The molecule has 0 spiro atoms. The molecule has 0 aromatic carbocycles. The Labute approximate surface area is 348 Å². The Morgan fingerprint density at radius 3 is 1.53 bits per heavy atom. The number of rotatable bonds is 44. The van der Waals surface area contributed by atoms with Crippen molar-refractivity contribution in [3.63, 3.8) is 0 Å². The molecule has 0 radical (unpaired) electrons. The quantitative estimate of drug-likeness (QED) is 0.0234. The second-order valence-electron chi connectivity index (χ2n) is 15.5. The van der Waals surface area contributed by atoms with Crippen LogP contribution in [-0.2, 0) is 32.7 Å². The van der Waals surface area contributed by atoms with Crippen LogP contribution in [-0.4, -0.2) is 60.5 Å². The van der Waals surface area contributed by atoms with E-state index >= 15 is 0 Å². The van der Waals surface area contributed by atoms with E-state index in [1.807, 2.05) is 0 Å². The van der Waals surface area contributed by atoms with Crippen molar-refractivity contribution >= 4 is 19.8 Å². The summed E-state index contributed by atoms with van der Waals surface area (Å²) in [5, 5.41) is 8.90. The molecule has 0 aromatic heterocycles. The van der Waals surface area contributed by atoms with Crippen molar-refractivity contribution in [2.45, 2.75) is 219 Å². The third-order valence-electron chi connectivity index (χ3n) is 9.93. The van der Waals surface area contributed by atoms with Crippen molar-refractivity contribution < 1.29 is 42.7 Å². The van der Waals surface area contributed by atoms with Crippen LogP contribution in [0.2, 0.25) is 0 Å². The minimum absolute atomic E-state index is 0.0126. The first-order chi connectivity index (χ1) is 27.7. The molecule has 3 atom stereocenters. The lowest BCUT2D eigenvalue weighted by atomic mass is 10.0. The van der Waals surface area contributed by atoms with Crippen molar-refractivity contribution in [2.24, 2.45) is 5.73 Å². The molecule has 0 saturated heterocycles. The molecule has 0 aliphatic rings. The van der Waals surface area contributed by atoms with E-state index in [4.69, 9.17) is 29.4 Å². The summed E-state index contributed by atoms with van der Waals surface area (Å²) in [5.41, 5.74) is 5.36. The Balaban J connectivity index is 4.17. The first kappa shape index (κ1) is 55.2. The fourth-order valence-electron chi connectivity index (χ4n) is 6.38. The first-order valence-electron chi connectivity index (χ1n) is 23.0. The van der Waals surface area contributed by atoms with E-state index in [1.54, 1.807) is 0 Å². The van der Waals surface area contributed by atoms with E-state index in [9.17, 15) is 19.0 Å². The third kappa shape index (κ3) is 42.1. The van der Waals surface area contributed by atoms with Crippen LogP contribution in [0.5, 0.6) is 0 Å². The van der Waals surface area contributed by atoms with Gasteiger partial charge >= 0.3 is 19.8 Å². The Kier molecular flexibility index (Phi) is 41.0. The summed E-state index contributed by atoms with van der Waals surface area (Å²) in [6.45, 7) is 3.78. The van der Waals surface area contributed by atoms with E-state index in [1.165, 1.54) is 109 Å². The molecule has 0 aliphatic heterocycles. The highest BCUT2D eigenvalue weighted by molar-refractivity contribution is 7.47. The topological polar surface area (TPSA) is 155 Å². The number of nitrogens with two attached hydrogens (primary N) is 1. The summed E-state index contributed by atoms with van der Waals surface area (Å²) in [4.78, 5) is 33.6. The molecular formula is C46H86NO9P. The largest absolute Gasteiger partial charge is 0.480 e. The van der Waals surface area contributed by atoms with Crippen molar-refractivity contribution in [3.05, 3.63) is 36.5 Å². The standard InChI is InChI=1S/C46H86NO9P/c1-3-5-7-9-11-13-15-17-19-20-21-22-23-25-27-29-31-33-35-37-39-53-40-43(41-54-57(51,52)55-42-44(47)46(49)50)56-45(48)38-36-34-32-30-28-26-24-18-16-14-12-10-8-6-4-2/h6,8,12,14,18,24,43-44H,3-5,7,9-11,13,15-17,19-23,25-42,47H2,1-2H3,(H,49,50)(H,51,52)/b8-6-,14-12-,24-18-. The number of phosphoric ester groups is 1. The number of hydrogen-bond donors (Lipinski definition) is 3. The van der Waals surface area contributed by atoms with Crippen LogP contribution in [0.3, 0.4) is 0 Å². The SMILES string of the molecule is CC/C=C\C/C=C\C/C=C\CCCCCCCC(=O)OC(COCCCCCCCCCCCCCCCCCCCCCC)COP(=O)(O)OCC(N)C(=O)O. The number of carboxylic acid groups (broad SMARTS) is 1. The van der Waals surface area contributed by atoms with Crippen LogP contribution >= 0.6 is 7.82 Å². The van der Waals surface area contributed by atoms with Gasteiger partial charge in [-0.2, -0.15) is 0 Å². The lowest BCUT2D eigenvalue weighted by molar-refractivity contribution is -0.154. The van der Waals surface area contributed by atoms with E-state index in [0.29, 0.717) is 13.0 Å². The Morgan fingerprint density at radius 1 is 0.579 bits per heavy atom. The van der Waals surface area contributed by atoms with E-state index in [2.05, 4.69) is 50.3 Å². The van der Waals surface area contributed by atoms with Crippen molar-refractivity contribution in [3.8, 4) is 0 Å². The van der Waals surface area contributed by atoms with Gasteiger partial charge in [0.25, 0.3) is 0 Å². The van der Waals surface area contributed by atoms with Crippen LogP contribution in [0.25, 0.3) is 0 Å². The fourth-order valence-corrected chi connectivity index (χ4v) is 7.16. The first-order valence-corrected chi connectivity index (χ1v) is 24.5. The molecule has 57 heavy (non-hydrogen) atoms. The smallest absolute Gasteiger partial charge is 0.472 e. The normalized spacial score (nSPS) is 14.2. The van der Waals surface area contributed by atoms with Gasteiger partial charge in [-0.3, -0.25) is 18.6 Å². The van der Waals surface area contributed by atoms with Gasteiger partial charge in [0.15, 0.2) is 0 Å². The van der Waals surface area contributed by atoms with Gasteiger partial charge in [-0.05, 0) is 44.9 Å². The molecule has 0 fully saturated rings. The monoisotopic (exact) mass is 828 g/mol. The molecule has 0 amide bonds. The third-order valence-corrected chi connectivity index (χ3v) is 10.9. The fraction of sp³-hybridized carbons (Fsp3) is 0.826. The average molecular weight is 828 g/mol. The molecule has 4 N–H and O–H groups in total. The minimum Gasteiger partial charge on any atom is -0.480 e. The van der Waals surface area contributed by atoms with E-state index < -0.39 is 45.1 Å². The molecule has 11 heteroatoms. The summed E-state index contributed by atoms with van der Waals surface area (Å²) in [5.74, 6) is -1.79. The summed E-state index contributed by atoms with van der Waals surface area (Å²) in [6, 6.07) is -1.48. The van der Waals surface area contributed by atoms with Crippen LogP contribution in [0.1, 0.15) is 206 Å². The highest BCUT2D eigenvalue weighted by atomic mass is 31.2. The molecule has 0 heterocycles. The summed E-state index contributed by atoms with van der Waals surface area (Å²) in [7, 11) is -4.62. The second kappa shape index (κ2) is 42.3. The zero-order valence-electron chi connectivity index (χ0n) is 36.4. The number of carboxylic acids is 1. The highest BCUT2D eigenvalue weighted by Crippen LogP contribution is 2.43. The maximum absolute atomic E-state index is 12.6. The number of esters is 1. The zero-order valence-corrected chi connectivity index (χ0v) is 37.3. The van der Waals surface area contributed by atoms with E-state index in [0.717, 1.165) is 70.6 Å². The summed E-state index contributed by atoms with van der Waals surface area (Å²) >= 11 is 0. The van der Waals surface area contributed by atoms with Crippen molar-refractivity contribution in [1.82, 2.24) is 0 Å². The second-order valence-corrected chi connectivity index (χ2v) is 17.0. The number of phosphoric acid groups is 1. The maximum Gasteiger partial charge on any atom is 0.472 e. The molecule has 0 bridgehead atoms. The summed E-state index contributed by atoms with van der Waals surface area (Å²) < 4.78 is 33.4. The van der Waals surface area contributed by atoms with Gasteiger partial charge in [-0.25, -0.2) is 4.57 Å². The van der Waals surface area contributed by atoms with Crippen LogP contribution in [0.15, 0.2) is 36.5 Å². The van der Waals surface area contributed by atoms with Gasteiger partial charge in [0.1, 0.15) is 12.1 Å². The number of aliphatic carboxylic acids is 1. The Bertz CT molecular complexity index is 1050. The van der Waals surface area contributed by atoms with Crippen molar-refractivity contribution in [2.75, 3.05) is 26.4 Å². The molecule has 0 rings (SSSR count). The molecule has 0 saturated carbocycles. The molecule has 0 aliphatic carbocycles. The minimum atomic E-state index is -4.62. The lowest BCUT2D eigenvalue weighted by Gasteiger charge is -2.20. The van der Waals surface area contributed by atoms with Gasteiger partial charge in [-0.15, -0.1) is 0 Å². The maximum atomic E-state index is 12.6. The zero-order chi connectivity index (χ0) is 41.9. The molecular weight excluding hydrogens is 741 g/mol. The average Bonchev–Trinajstić information content (AvgIpc) is 3.19. The molecule has 0 aromatic rings. The van der Waals surface area contributed by atoms with E-state index in [-0.39, 0.29) is 13.0 Å². The predicted octanol–water partition coefficient (Wildman–Crippen LogP) is 12.9. The van der Waals surface area contributed by atoms with Gasteiger partial charge in [0, 0.05) is 13.0 Å². The Morgan fingerprint density at radius 2 is 1.02 bits per heavy atom. The summed E-state index contributed by atoms with van der Waals surface area (Å²) in [6.07, 6.45) is 47.7. The van der Waals surface area contributed by atoms with Gasteiger partial charge in [0.05, 0.1) is 19.8 Å².